The molecule has 82 valence electrons. The first-order valence-electron chi connectivity index (χ1n) is 4.98. The Morgan fingerprint density at radius 2 is 2.00 bits per heavy atom. The van der Waals surface area contributed by atoms with Crippen LogP contribution < -0.4 is 4.74 Å². The molecular formula is C13H12BrNO. The van der Waals surface area contributed by atoms with Crippen molar-refractivity contribution in [1.82, 2.24) is 4.98 Å². The quantitative estimate of drug-likeness (QED) is 0.833. The van der Waals surface area contributed by atoms with E-state index >= 15 is 0 Å². The van der Waals surface area contributed by atoms with Crippen LogP contribution in [0.2, 0.25) is 0 Å². The monoisotopic (exact) mass is 277 g/mol. The lowest BCUT2D eigenvalue weighted by atomic mass is 10.1. The number of aryl methyl sites for hydroxylation is 1. The predicted molar refractivity (Wildman–Crippen MR) is 68.7 cm³/mol. The Hall–Kier alpha value is -1.35. The second-order valence-corrected chi connectivity index (χ2v) is 4.37. The van der Waals surface area contributed by atoms with Gasteiger partial charge in [-0.05, 0) is 53.2 Å². The fourth-order valence-electron chi connectivity index (χ4n) is 1.53. The Kier molecular flexibility index (Phi) is 3.25. The van der Waals surface area contributed by atoms with Crippen molar-refractivity contribution in [2.24, 2.45) is 0 Å². The Balaban J connectivity index is 2.45. The minimum atomic E-state index is 0.830. The van der Waals surface area contributed by atoms with E-state index in [4.69, 9.17) is 4.74 Å². The molecule has 0 unspecified atom stereocenters. The van der Waals surface area contributed by atoms with E-state index in [1.165, 1.54) is 0 Å². The zero-order chi connectivity index (χ0) is 11.5. The van der Waals surface area contributed by atoms with Crippen LogP contribution in [0.1, 0.15) is 5.69 Å². The van der Waals surface area contributed by atoms with Crippen molar-refractivity contribution >= 4 is 15.9 Å². The number of hydrogen-bond donors (Lipinski definition) is 0. The van der Waals surface area contributed by atoms with E-state index in [0.29, 0.717) is 0 Å². The molecule has 3 heteroatoms. The average molecular weight is 278 g/mol. The van der Waals surface area contributed by atoms with Gasteiger partial charge in [-0.3, -0.25) is 4.98 Å². The summed E-state index contributed by atoms with van der Waals surface area (Å²) >= 11 is 3.47. The van der Waals surface area contributed by atoms with Crippen LogP contribution in [0.4, 0.5) is 0 Å². The molecule has 2 nitrogen and oxygen atoms in total. The molecule has 16 heavy (non-hydrogen) atoms. The van der Waals surface area contributed by atoms with E-state index in [1.807, 2.05) is 43.3 Å². The van der Waals surface area contributed by atoms with Gasteiger partial charge in [0, 0.05) is 11.3 Å². The van der Waals surface area contributed by atoms with Gasteiger partial charge in [0.25, 0.3) is 0 Å². The van der Waals surface area contributed by atoms with Gasteiger partial charge in [-0.2, -0.15) is 0 Å². The molecule has 2 aromatic rings. The lowest BCUT2D eigenvalue weighted by Crippen LogP contribution is -1.88. The Morgan fingerprint density at radius 3 is 2.62 bits per heavy atom. The van der Waals surface area contributed by atoms with Gasteiger partial charge in [0.15, 0.2) is 0 Å². The van der Waals surface area contributed by atoms with Gasteiger partial charge in [-0.15, -0.1) is 0 Å². The Bertz CT molecular complexity index is 511. The van der Waals surface area contributed by atoms with Gasteiger partial charge in [-0.1, -0.05) is 6.07 Å². The molecule has 0 aliphatic carbocycles. The first-order valence-corrected chi connectivity index (χ1v) is 5.77. The fraction of sp³-hybridized carbons (Fsp3) is 0.154. The Labute approximate surface area is 103 Å². The van der Waals surface area contributed by atoms with E-state index in [1.54, 1.807) is 7.11 Å². The minimum absolute atomic E-state index is 0.830. The van der Waals surface area contributed by atoms with Gasteiger partial charge in [-0.25, -0.2) is 0 Å². The van der Waals surface area contributed by atoms with E-state index in [-0.39, 0.29) is 0 Å². The number of hydrogen-bond acceptors (Lipinski definition) is 2. The molecule has 0 N–H and O–H groups in total. The maximum Gasteiger partial charge on any atom is 0.133 e. The van der Waals surface area contributed by atoms with Crippen molar-refractivity contribution in [3.63, 3.8) is 0 Å². The fourth-order valence-corrected chi connectivity index (χ4v) is 2.07. The highest BCUT2D eigenvalue weighted by atomic mass is 79.9. The number of aromatic nitrogens is 1. The van der Waals surface area contributed by atoms with E-state index in [0.717, 1.165) is 27.2 Å². The van der Waals surface area contributed by atoms with E-state index < -0.39 is 0 Å². The van der Waals surface area contributed by atoms with Gasteiger partial charge >= 0.3 is 0 Å². The number of benzene rings is 1. The highest BCUT2D eigenvalue weighted by Crippen LogP contribution is 2.29. The van der Waals surface area contributed by atoms with Gasteiger partial charge < -0.3 is 4.74 Å². The number of pyridine rings is 1. The number of rotatable bonds is 2. The molecule has 0 radical (unpaired) electrons. The minimum Gasteiger partial charge on any atom is -0.496 e. The molecule has 0 fully saturated rings. The smallest absolute Gasteiger partial charge is 0.133 e. The standard InChI is InChI=1S/C13H12BrNO/c1-9-4-3-5-12(15-9)10-6-7-13(16-2)11(14)8-10/h3-8H,1-2H3. The molecule has 0 atom stereocenters. The molecule has 0 amide bonds. The molecule has 2 rings (SSSR count). The zero-order valence-corrected chi connectivity index (χ0v) is 10.8. The molecule has 0 saturated carbocycles. The summed E-state index contributed by atoms with van der Waals surface area (Å²) < 4.78 is 6.13. The van der Waals surface area contributed by atoms with Crippen LogP contribution in [0.3, 0.4) is 0 Å². The first kappa shape index (κ1) is 11.1. The van der Waals surface area contributed by atoms with Crippen molar-refractivity contribution < 1.29 is 4.74 Å². The van der Waals surface area contributed by atoms with Crippen molar-refractivity contribution in [3.05, 3.63) is 46.6 Å². The average Bonchev–Trinajstić information content (AvgIpc) is 2.29. The molecule has 0 saturated heterocycles. The van der Waals surface area contributed by atoms with Crippen molar-refractivity contribution in [2.45, 2.75) is 6.92 Å². The molecule has 0 aliphatic rings. The third kappa shape index (κ3) is 2.25. The van der Waals surface area contributed by atoms with Gasteiger partial charge in [0.2, 0.25) is 0 Å². The largest absolute Gasteiger partial charge is 0.496 e. The maximum atomic E-state index is 5.19. The van der Waals surface area contributed by atoms with Crippen LogP contribution in [0.5, 0.6) is 5.75 Å². The predicted octanol–water partition coefficient (Wildman–Crippen LogP) is 3.83. The van der Waals surface area contributed by atoms with Crippen LogP contribution in [-0.2, 0) is 0 Å². The van der Waals surface area contributed by atoms with Crippen molar-refractivity contribution in [1.29, 1.82) is 0 Å². The zero-order valence-electron chi connectivity index (χ0n) is 9.20. The van der Waals surface area contributed by atoms with Crippen LogP contribution in [0.25, 0.3) is 11.3 Å². The summed E-state index contributed by atoms with van der Waals surface area (Å²) in [7, 11) is 1.66. The summed E-state index contributed by atoms with van der Waals surface area (Å²) in [6.07, 6.45) is 0. The summed E-state index contributed by atoms with van der Waals surface area (Å²) in [5.74, 6) is 0.830. The second-order valence-electron chi connectivity index (χ2n) is 3.51. The van der Waals surface area contributed by atoms with Crippen molar-refractivity contribution in [2.75, 3.05) is 7.11 Å². The molecule has 1 heterocycles. The third-order valence-corrected chi connectivity index (χ3v) is 2.96. The molecular weight excluding hydrogens is 266 g/mol. The number of ether oxygens (including phenoxy) is 1. The Morgan fingerprint density at radius 1 is 1.19 bits per heavy atom. The van der Waals surface area contributed by atoms with Gasteiger partial charge in [0.05, 0.1) is 17.3 Å². The SMILES string of the molecule is COc1ccc(-c2cccc(C)n2)cc1Br. The number of methoxy groups -OCH3 is 1. The lowest BCUT2D eigenvalue weighted by Gasteiger charge is -2.06. The van der Waals surface area contributed by atoms with Crippen molar-refractivity contribution in [3.8, 4) is 17.0 Å². The summed E-state index contributed by atoms with van der Waals surface area (Å²) in [4.78, 5) is 4.48. The van der Waals surface area contributed by atoms with Crippen LogP contribution in [0.15, 0.2) is 40.9 Å². The maximum absolute atomic E-state index is 5.19. The molecule has 0 spiro atoms. The molecule has 0 aliphatic heterocycles. The van der Waals surface area contributed by atoms with Crippen LogP contribution in [0, 0.1) is 6.92 Å². The first-order chi connectivity index (χ1) is 7.70. The summed E-state index contributed by atoms with van der Waals surface area (Å²) in [6, 6.07) is 12.0. The van der Waals surface area contributed by atoms with E-state index in [9.17, 15) is 0 Å². The highest BCUT2D eigenvalue weighted by molar-refractivity contribution is 9.10. The summed E-state index contributed by atoms with van der Waals surface area (Å²) in [6.45, 7) is 1.99. The van der Waals surface area contributed by atoms with Crippen LogP contribution >= 0.6 is 15.9 Å². The highest BCUT2D eigenvalue weighted by Gasteiger charge is 2.04. The number of halogens is 1. The topological polar surface area (TPSA) is 22.1 Å². The van der Waals surface area contributed by atoms with Crippen LogP contribution in [-0.4, -0.2) is 12.1 Å². The second kappa shape index (κ2) is 4.66. The molecule has 0 bridgehead atoms. The number of nitrogens with zero attached hydrogens (tertiary/aromatic N) is 1. The van der Waals surface area contributed by atoms with E-state index in [2.05, 4.69) is 20.9 Å². The van der Waals surface area contributed by atoms with Gasteiger partial charge in [0.1, 0.15) is 5.75 Å². The molecule has 1 aromatic carbocycles. The third-order valence-electron chi connectivity index (χ3n) is 2.34. The lowest BCUT2D eigenvalue weighted by molar-refractivity contribution is 0.412. The normalized spacial score (nSPS) is 10.2. The summed E-state index contributed by atoms with van der Waals surface area (Å²) in [5.41, 5.74) is 3.07. The summed E-state index contributed by atoms with van der Waals surface area (Å²) in [5, 5.41) is 0. The molecule has 1 aromatic heterocycles.